The van der Waals surface area contributed by atoms with E-state index in [0.717, 1.165) is 17.1 Å². The van der Waals surface area contributed by atoms with Gasteiger partial charge < -0.3 is 14.8 Å². The minimum Gasteiger partial charge on any atom is -0.352 e. The summed E-state index contributed by atoms with van der Waals surface area (Å²) in [7, 11) is 0. The van der Waals surface area contributed by atoms with Gasteiger partial charge >= 0.3 is 0 Å². The first-order chi connectivity index (χ1) is 16.1. The van der Waals surface area contributed by atoms with Gasteiger partial charge in [-0.2, -0.15) is 0 Å². The summed E-state index contributed by atoms with van der Waals surface area (Å²) >= 11 is 5.74. The molecule has 1 N–H and O–H groups in total. The summed E-state index contributed by atoms with van der Waals surface area (Å²) in [6.45, 7) is 0.515. The molecule has 1 aliphatic heterocycles. The Balaban J connectivity index is 1.61. The standard InChI is InChI=1S/C24H20N6O2S/c31-30(32)19-9-5-8-18(15-19)28-14-6-11-21(28)23-22(20-10-2-4-13-26-20)27-24(33)29(23)16-17-7-1-3-12-25-17/h1-15,22-23H,16H2,(H,27,33)/t22-,23+/m1/s1. The van der Waals surface area contributed by atoms with Crippen LogP contribution in [0.4, 0.5) is 5.69 Å². The Bertz CT molecular complexity index is 1290. The van der Waals surface area contributed by atoms with Crippen LogP contribution in [-0.2, 0) is 6.54 Å². The molecule has 0 unspecified atom stereocenters. The molecule has 0 bridgehead atoms. The van der Waals surface area contributed by atoms with E-state index in [4.69, 9.17) is 12.2 Å². The lowest BCUT2D eigenvalue weighted by Crippen LogP contribution is -2.30. The Kier molecular flexibility index (Phi) is 5.54. The maximum Gasteiger partial charge on any atom is 0.271 e. The van der Waals surface area contributed by atoms with E-state index in [1.807, 2.05) is 65.4 Å². The molecule has 4 heterocycles. The van der Waals surface area contributed by atoms with Gasteiger partial charge in [-0.3, -0.25) is 20.1 Å². The highest BCUT2D eigenvalue weighted by molar-refractivity contribution is 7.80. The summed E-state index contributed by atoms with van der Waals surface area (Å²) in [4.78, 5) is 22.1. The van der Waals surface area contributed by atoms with Crippen LogP contribution < -0.4 is 5.32 Å². The quantitative estimate of drug-likeness (QED) is 0.262. The number of hydrogen-bond acceptors (Lipinski definition) is 5. The maximum absolute atomic E-state index is 11.3. The number of nitro benzene ring substituents is 1. The zero-order valence-electron chi connectivity index (χ0n) is 17.5. The molecule has 9 heteroatoms. The number of nitro groups is 1. The zero-order chi connectivity index (χ0) is 22.8. The van der Waals surface area contributed by atoms with Crippen molar-refractivity contribution >= 4 is 23.0 Å². The van der Waals surface area contributed by atoms with Gasteiger partial charge in [0.05, 0.1) is 40.6 Å². The molecule has 0 saturated carbocycles. The summed E-state index contributed by atoms with van der Waals surface area (Å²) in [5, 5.41) is 15.4. The Hall–Kier alpha value is -4.11. The van der Waals surface area contributed by atoms with Crippen molar-refractivity contribution in [3.63, 3.8) is 0 Å². The first-order valence-electron chi connectivity index (χ1n) is 10.4. The van der Waals surface area contributed by atoms with E-state index in [9.17, 15) is 10.1 Å². The Labute approximate surface area is 195 Å². The molecule has 1 aliphatic rings. The normalized spacial score (nSPS) is 17.7. The molecule has 0 amide bonds. The van der Waals surface area contributed by atoms with Crippen LogP contribution in [0.25, 0.3) is 5.69 Å². The number of aromatic nitrogens is 3. The van der Waals surface area contributed by atoms with E-state index in [2.05, 4.69) is 20.2 Å². The maximum atomic E-state index is 11.3. The van der Waals surface area contributed by atoms with Crippen LogP contribution in [0.1, 0.15) is 29.2 Å². The van der Waals surface area contributed by atoms with Crippen LogP contribution in [0.3, 0.4) is 0 Å². The number of nitrogens with zero attached hydrogens (tertiary/aromatic N) is 5. The molecule has 2 atom stereocenters. The average molecular weight is 457 g/mol. The van der Waals surface area contributed by atoms with Crippen LogP contribution >= 0.6 is 12.2 Å². The highest BCUT2D eigenvalue weighted by Gasteiger charge is 2.41. The lowest BCUT2D eigenvalue weighted by atomic mass is 10.0. The third kappa shape index (κ3) is 4.06. The van der Waals surface area contributed by atoms with Gasteiger partial charge in [0.25, 0.3) is 5.69 Å². The number of hydrogen-bond donors (Lipinski definition) is 1. The second-order valence-corrected chi connectivity index (χ2v) is 8.04. The minimum atomic E-state index is -0.386. The number of non-ortho nitro benzene ring substituents is 1. The van der Waals surface area contributed by atoms with E-state index >= 15 is 0 Å². The molecular formula is C24H20N6O2S. The van der Waals surface area contributed by atoms with Crippen molar-refractivity contribution in [2.24, 2.45) is 0 Å². The predicted octanol–water partition coefficient (Wildman–Crippen LogP) is 4.35. The Morgan fingerprint density at radius 3 is 2.55 bits per heavy atom. The van der Waals surface area contributed by atoms with E-state index < -0.39 is 0 Å². The summed E-state index contributed by atoms with van der Waals surface area (Å²) < 4.78 is 1.97. The summed E-state index contributed by atoms with van der Waals surface area (Å²) in [5.41, 5.74) is 3.44. The third-order valence-electron chi connectivity index (χ3n) is 5.66. The van der Waals surface area contributed by atoms with Gasteiger partial charge in [0.2, 0.25) is 0 Å². The molecule has 0 radical (unpaired) electrons. The number of pyridine rings is 2. The SMILES string of the molecule is O=[N+]([O-])c1cccc(-n2cccc2[C@H]2[C@@H](c3ccccn3)NC(=S)N2Cc2ccccn2)c1. The second kappa shape index (κ2) is 8.79. The van der Waals surface area contributed by atoms with E-state index in [0.29, 0.717) is 17.3 Å². The average Bonchev–Trinajstić information content (AvgIpc) is 3.45. The lowest BCUT2D eigenvalue weighted by Gasteiger charge is -2.28. The molecule has 4 aromatic rings. The van der Waals surface area contributed by atoms with Gasteiger partial charge in [0.15, 0.2) is 5.11 Å². The molecule has 0 spiro atoms. The Morgan fingerprint density at radius 2 is 1.82 bits per heavy atom. The molecule has 33 heavy (non-hydrogen) atoms. The third-order valence-corrected chi connectivity index (χ3v) is 6.01. The van der Waals surface area contributed by atoms with Crippen molar-refractivity contribution in [1.29, 1.82) is 0 Å². The second-order valence-electron chi connectivity index (χ2n) is 7.66. The molecule has 1 aromatic carbocycles. The van der Waals surface area contributed by atoms with Crippen molar-refractivity contribution in [2.75, 3.05) is 0 Å². The molecule has 1 saturated heterocycles. The Morgan fingerprint density at radius 1 is 1.00 bits per heavy atom. The molecule has 8 nitrogen and oxygen atoms in total. The van der Waals surface area contributed by atoms with E-state index in [-0.39, 0.29) is 22.7 Å². The minimum absolute atomic E-state index is 0.0406. The number of nitrogens with one attached hydrogen (secondary N) is 1. The summed E-state index contributed by atoms with van der Waals surface area (Å²) in [6.07, 6.45) is 5.43. The lowest BCUT2D eigenvalue weighted by molar-refractivity contribution is -0.384. The van der Waals surface area contributed by atoms with Gasteiger partial charge in [-0.15, -0.1) is 0 Å². The van der Waals surface area contributed by atoms with E-state index in [1.54, 1.807) is 24.5 Å². The summed E-state index contributed by atoms with van der Waals surface area (Å²) in [5.74, 6) is 0. The van der Waals surface area contributed by atoms with Crippen molar-refractivity contribution in [3.8, 4) is 5.69 Å². The number of rotatable bonds is 6. The van der Waals surface area contributed by atoms with Gasteiger partial charge in [0.1, 0.15) is 0 Å². The fourth-order valence-electron chi connectivity index (χ4n) is 4.19. The van der Waals surface area contributed by atoms with Crippen molar-refractivity contribution in [1.82, 2.24) is 24.8 Å². The number of thiocarbonyl (C=S) groups is 1. The predicted molar refractivity (Wildman–Crippen MR) is 128 cm³/mol. The van der Waals surface area contributed by atoms with Crippen LogP contribution in [0.2, 0.25) is 0 Å². The van der Waals surface area contributed by atoms with Gasteiger partial charge in [0, 0.05) is 36.4 Å². The highest BCUT2D eigenvalue weighted by atomic mass is 32.1. The van der Waals surface area contributed by atoms with Crippen molar-refractivity contribution in [2.45, 2.75) is 18.6 Å². The fourth-order valence-corrected chi connectivity index (χ4v) is 4.50. The van der Waals surface area contributed by atoms with Crippen LogP contribution in [-0.4, -0.2) is 29.5 Å². The topological polar surface area (TPSA) is 89.1 Å². The molecule has 5 rings (SSSR count). The van der Waals surface area contributed by atoms with Crippen LogP contribution in [0.15, 0.2) is 91.4 Å². The molecular weight excluding hydrogens is 436 g/mol. The van der Waals surface area contributed by atoms with Crippen molar-refractivity contribution in [3.05, 3.63) is 119 Å². The first-order valence-corrected chi connectivity index (χ1v) is 10.8. The van der Waals surface area contributed by atoms with Gasteiger partial charge in [-0.05, 0) is 54.7 Å². The van der Waals surface area contributed by atoms with Crippen molar-refractivity contribution < 1.29 is 4.92 Å². The molecule has 1 fully saturated rings. The summed E-state index contributed by atoms with van der Waals surface area (Å²) in [6, 6.07) is 21.7. The largest absolute Gasteiger partial charge is 0.352 e. The first kappa shape index (κ1) is 20.8. The fraction of sp³-hybridized carbons (Fsp3) is 0.125. The smallest absolute Gasteiger partial charge is 0.271 e. The molecule has 164 valence electrons. The number of benzene rings is 1. The van der Waals surface area contributed by atoms with E-state index in [1.165, 1.54) is 6.07 Å². The molecule has 0 aliphatic carbocycles. The monoisotopic (exact) mass is 456 g/mol. The van der Waals surface area contributed by atoms with Crippen LogP contribution in [0, 0.1) is 10.1 Å². The highest BCUT2D eigenvalue weighted by Crippen LogP contribution is 2.40. The van der Waals surface area contributed by atoms with Crippen LogP contribution in [0.5, 0.6) is 0 Å². The van der Waals surface area contributed by atoms with Gasteiger partial charge in [-0.1, -0.05) is 18.2 Å². The zero-order valence-corrected chi connectivity index (χ0v) is 18.3. The van der Waals surface area contributed by atoms with Gasteiger partial charge in [-0.25, -0.2) is 0 Å². The molecule has 3 aromatic heterocycles.